The zero-order chi connectivity index (χ0) is 15.4. The van der Waals surface area contributed by atoms with Crippen molar-refractivity contribution in [2.75, 3.05) is 6.54 Å². The molecular weight excluding hydrogens is 275 g/mol. The first kappa shape index (κ1) is 15.6. The van der Waals surface area contributed by atoms with Crippen LogP contribution in [0.2, 0.25) is 0 Å². The van der Waals surface area contributed by atoms with Crippen LogP contribution in [0.4, 0.5) is 13.2 Å². The molecule has 1 nitrogen and oxygen atoms in total. The molecule has 0 aliphatic heterocycles. The van der Waals surface area contributed by atoms with Crippen LogP contribution in [-0.4, -0.2) is 6.54 Å². The molecule has 21 heavy (non-hydrogen) atoms. The van der Waals surface area contributed by atoms with Crippen molar-refractivity contribution in [3.63, 3.8) is 0 Å². The fourth-order valence-electron chi connectivity index (χ4n) is 2.37. The Morgan fingerprint density at radius 2 is 1.48 bits per heavy atom. The lowest BCUT2D eigenvalue weighted by molar-refractivity contribution is 0.447. The lowest BCUT2D eigenvalue weighted by atomic mass is 9.99. The van der Waals surface area contributed by atoms with Gasteiger partial charge < -0.3 is 5.32 Å². The molecule has 1 N–H and O–H groups in total. The lowest BCUT2D eigenvalue weighted by Gasteiger charge is -2.16. The molecule has 0 amide bonds. The van der Waals surface area contributed by atoms with Gasteiger partial charge in [-0.3, -0.25) is 0 Å². The van der Waals surface area contributed by atoms with Crippen molar-refractivity contribution in [2.24, 2.45) is 0 Å². The summed E-state index contributed by atoms with van der Waals surface area (Å²) in [5, 5.41) is 3.36. The number of benzene rings is 2. The number of nitrogens with one attached hydrogen (secondary N) is 1. The largest absolute Gasteiger partial charge is 0.310 e. The number of hydrogen-bond acceptors (Lipinski definition) is 1. The van der Waals surface area contributed by atoms with Crippen molar-refractivity contribution < 1.29 is 13.2 Å². The second-order valence-corrected chi connectivity index (χ2v) is 4.89. The SMILES string of the molecule is CCNC(CC)c1ccc(-c2cc(F)c(F)c(F)c2)cc1. The molecule has 0 saturated carbocycles. The highest BCUT2D eigenvalue weighted by molar-refractivity contribution is 5.64. The summed E-state index contributed by atoms with van der Waals surface area (Å²) in [6, 6.07) is 9.70. The quantitative estimate of drug-likeness (QED) is 0.778. The minimum Gasteiger partial charge on any atom is -0.310 e. The van der Waals surface area contributed by atoms with Gasteiger partial charge in [-0.25, -0.2) is 13.2 Å². The normalized spacial score (nSPS) is 12.4. The minimum atomic E-state index is -1.44. The Bertz CT molecular complexity index is 585. The van der Waals surface area contributed by atoms with Crippen LogP contribution >= 0.6 is 0 Å². The predicted molar refractivity (Wildman–Crippen MR) is 78.5 cm³/mol. The Labute approximate surface area is 122 Å². The molecule has 0 aliphatic carbocycles. The van der Waals surface area contributed by atoms with Gasteiger partial charge in [-0.05, 0) is 41.8 Å². The van der Waals surface area contributed by atoms with E-state index >= 15 is 0 Å². The smallest absolute Gasteiger partial charge is 0.194 e. The summed E-state index contributed by atoms with van der Waals surface area (Å²) in [6.07, 6.45) is 0.951. The summed E-state index contributed by atoms with van der Waals surface area (Å²) in [7, 11) is 0. The van der Waals surface area contributed by atoms with Crippen molar-refractivity contribution in [1.82, 2.24) is 5.32 Å². The van der Waals surface area contributed by atoms with E-state index in [1.807, 2.05) is 19.1 Å². The van der Waals surface area contributed by atoms with Crippen LogP contribution in [0.15, 0.2) is 36.4 Å². The maximum Gasteiger partial charge on any atom is 0.194 e. The molecule has 1 unspecified atom stereocenters. The molecule has 2 rings (SSSR count). The second kappa shape index (κ2) is 6.76. The first-order valence-electron chi connectivity index (χ1n) is 7.05. The number of hydrogen-bond donors (Lipinski definition) is 1. The van der Waals surface area contributed by atoms with Gasteiger partial charge in [-0.1, -0.05) is 38.1 Å². The highest BCUT2D eigenvalue weighted by Crippen LogP contribution is 2.26. The van der Waals surface area contributed by atoms with Gasteiger partial charge in [0.2, 0.25) is 0 Å². The molecule has 0 bridgehead atoms. The van der Waals surface area contributed by atoms with E-state index in [1.165, 1.54) is 0 Å². The van der Waals surface area contributed by atoms with Crippen LogP contribution in [0.5, 0.6) is 0 Å². The molecule has 0 heterocycles. The van der Waals surface area contributed by atoms with Crippen LogP contribution in [0.25, 0.3) is 11.1 Å². The average Bonchev–Trinajstić information content (AvgIpc) is 2.50. The molecule has 0 fully saturated rings. The molecule has 2 aromatic carbocycles. The van der Waals surface area contributed by atoms with Gasteiger partial charge in [0.1, 0.15) is 0 Å². The lowest BCUT2D eigenvalue weighted by Crippen LogP contribution is -2.19. The molecular formula is C17H18F3N. The Morgan fingerprint density at radius 3 is 1.95 bits per heavy atom. The van der Waals surface area contributed by atoms with Gasteiger partial charge in [0, 0.05) is 6.04 Å². The van der Waals surface area contributed by atoms with Gasteiger partial charge in [-0.15, -0.1) is 0 Å². The maximum atomic E-state index is 13.3. The topological polar surface area (TPSA) is 12.0 Å². The molecule has 112 valence electrons. The van der Waals surface area contributed by atoms with E-state index in [2.05, 4.69) is 12.2 Å². The van der Waals surface area contributed by atoms with Crippen molar-refractivity contribution in [2.45, 2.75) is 26.3 Å². The van der Waals surface area contributed by atoms with Gasteiger partial charge >= 0.3 is 0 Å². The van der Waals surface area contributed by atoms with Crippen molar-refractivity contribution in [3.8, 4) is 11.1 Å². The van der Waals surface area contributed by atoms with Crippen LogP contribution < -0.4 is 5.32 Å². The summed E-state index contributed by atoms with van der Waals surface area (Å²) in [5.74, 6) is -3.78. The van der Waals surface area contributed by atoms with Gasteiger partial charge in [0.25, 0.3) is 0 Å². The maximum absolute atomic E-state index is 13.3. The molecule has 2 aromatic rings. The fraction of sp³-hybridized carbons (Fsp3) is 0.294. The van der Waals surface area contributed by atoms with Crippen LogP contribution in [0.3, 0.4) is 0 Å². The Morgan fingerprint density at radius 1 is 0.905 bits per heavy atom. The Kier molecular flexibility index (Phi) is 5.02. The van der Waals surface area contributed by atoms with E-state index in [9.17, 15) is 13.2 Å². The monoisotopic (exact) mass is 293 g/mol. The molecule has 4 heteroatoms. The van der Waals surface area contributed by atoms with E-state index in [0.717, 1.165) is 30.7 Å². The van der Waals surface area contributed by atoms with Gasteiger partial charge in [0.05, 0.1) is 0 Å². The Hall–Kier alpha value is -1.81. The summed E-state index contributed by atoms with van der Waals surface area (Å²) in [4.78, 5) is 0. The number of rotatable bonds is 5. The summed E-state index contributed by atoms with van der Waals surface area (Å²) in [6.45, 7) is 5.00. The van der Waals surface area contributed by atoms with E-state index < -0.39 is 17.5 Å². The average molecular weight is 293 g/mol. The zero-order valence-corrected chi connectivity index (χ0v) is 12.1. The summed E-state index contributed by atoms with van der Waals surface area (Å²) in [5.41, 5.74) is 2.10. The van der Waals surface area contributed by atoms with Crippen molar-refractivity contribution in [3.05, 3.63) is 59.4 Å². The molecule has 0 radical (unpaired) electrons. The van der Waals surface area contributed by atoms with Gasteiger partial charge in [0.15, 0.2) is 17.5 Å². The molecule has 1 atom stereocenters. The van der Waals surface area contributed by atoms with Crippen LogP contribution in [0.1, 0.15) is 31.9 Å². The number of halogens is 3. The molecule has 0 saturated heterocycles. The van der Waals surface area contributed by atoms with Gasteiger partial charge in [-0.2, -0.15) is 0 Å². The van der Waals surface area contributed by atoms with E-state index in [0.29, 0.717) is 11.1 Å². The molecule has 0 spiro atoms. The molecule has 0 aromatic heterocycles. The predicted octanol–water partition coefficient (Wildman–Crippen LogP) is 4.83. The van der Waals surface area contributed by atoms with Crippen LogP contribution in [-0.2, 0) is 0 Å². The highest BCUT2D eigenvalue weighted by atomic mass is 19.2. The minimum absolute atomic E-state index is 0.255. The standard InChI is InChI=1S/C17H18F3N/c1-3-16(21-4-2)12-7-5-11(6-8-12)13-9-14(18)17(20)15(19)10-13/h5-10,16,21H,3-4H2,1-2H3. The van der Waals surface area contributed by atoms with E-state index in [1.54, 1.807) is 12.1 Å². The summed E-state index contributed by atoms with van der Waals surface area (Å²) >= 11 is 0. The summed E-state index contributed by atoms with van der Waals surface area (Å²) < 4.78 is 39.5. The first-order chi connectivity index (χ1) is 10.1. The third-order valence-electron chi connectivity index (χ3n) is 3.49. The zero-order valence-electron chi connectivity index (χ0n) is 12.1. The Balaban J connectivity index is 2.30. The third-order valence-corrected chi connectivity index (χ3v) is 3.49. The van der Waals surface area contributed by atoms with Crippen molar-refractivity contribution >= 4 is 0 Å². The third kappa shape index (κ3) is 3.45. The van der Waals surface area contributed by atoms with Crippen LogP contribution in [0, 0.1) is 17.5 Å². The molecule has 0 aliphatic rings. The fourth-order valence-corrected chi connectivity index (χ4v) is 2.37. The first-order valence-corrected chi connectivity index (χ1v) is 7.05. The van der Waals surface area contributed by atoms with Crippen molar-refractivity contribution in [1.29, 1.82) is 0 Å². The van der Waals surface area contributed by atoms with E-state index in [4.69, 9.17) is 0 Å². The second-order valence-electron chi connectivity index (χ2n) is 4.89. The highest BCUT2D eigenvalue weighted by Gasteiger charge is 2.12. The van der Waals surface area contributed by atoms with E-state index in [-0.39, 0.29) is 6.04 Å².